The van der Waals surface area contributed by atoms with E-state index >= 15 is 0 Å². The van der Waals surface area contributed by atoms with Crippen LogP contribution in [-0.2, 0) is 4.79 Å². The molecule has 0 aliphatic carbocycles. The molecule has 0 spiro atoms. The number of carbonyl (C=O) groups excluding carboxylic acids is 1. The molecule has 0 aliphatic heterocycles. The number of hydrogen-bond donors (Lipinski definition) is 1. The van der Waals surface area contributed by atoms with Crippen LogP contribution in [0.3, 0.4) is 0 Å². The molecule has 1 aromatic heterocycles. The number of benzene rings is 3. The Morgan fingerprint density at radius 3 is 2.13 bits per heavy atom. The van der Waals surface area contributed by atoms with Gasteiger partial charge in [0.2, 0.25) is 12.3 Å². The maximum Gasteiger partial charge on any atom is 0.257 e. The molecule has 1 amide bonds. The fraction of sp³-hybridized carbons (Fsp3) is 0.160. The minimum atomic E-state index is -0.152. The van der Waals surface area contributed by atoms with Crippen LogP contribution in [0.4, 0.5) is 0 Å². The van der Waals surface area contributed by atoms with Gasteiger partial charge in [-0.15, -0.1) is 10.2 Å². The average molecular weight is 413 g/mol. The smallest absolute Gasteiger partial charge is 0.257 e. The molecular weight excluding hydrogens is 390 g/mol. The number of carbonyl (C=O) groups is 1. The summed E-state index contributed by atoms with van der Waals surface area (Å²) in [6, 6.07) is 27.9. The van der Waals surface area contributed by atoms with Crippen molar-refractivity contribution in [2.45, 2.75) is 12.3 Å². The summed E-state index contributed by atoms with van der Waals surface area (Å²) in [5.74, 6) is 1.11. The third-order valence-corrected chi connectivity index (χ3v) is 4.99. The Balaban J connectivity index is 1.28. The molecule has 0 aliphatic rings. The number of nitrogens with zero attached hydrogens (tertiary/aromatic N) is 2. The van der Waals surface area contributed by atoms with Crippen LogP contribution in [0.5, 0.6) is 5.75 Å². The Morgan fingerprint density at radius 2 is 1.55 bits per heavy atom. The van der Waals surface area contributed by atoms with E-state index in [1.54, 1.807) is 12.1 Å². The van der Waals surface area contributed by atoms with Gasteiger partial charge in [-0.3, -0.25) is 4.79 Å². The molecule has 0 saturated carbocycles. The highest BCUT2D eigenvalue weighted by atomic mass is 16.5. The van der Waals surface area contributed by atoms with Gasteiger partial charge in [0.05, 0.1) is 0 Å². The van der Waals surface area contributed by atoms with Gasteiger partial charge in [0.25, 0.3) is 5.91 Å². The van der Waals surface area contributed by atoms with Crippen molar-refractivity contribution in [2.24, 2.45) is 0 Å². The van der Waals surface area contributed by atoms with Gasteiger partial charge in [0, 0.05) is 18.0 Å². The molecular formula is C25H23N3O3. The van der Waals surface area contributed by atoms with E-state index in [4.69, 9.17) is 9.15 Å². The zero-order valence-electron chi connectivity index (χ0n) is 17.0. The second kappa shape index (κ2) is 10.2. The largest absolute Gasteiger partial charge is 0.484 e. The van der Waals surface area contributed by atoms with Crippen molar-refractivity contribution in [2.75, 3.05) is 13.2 Å². The predicted molar refractivity (Wildman–Crippen MR) is 118 cm³/mol. The van der Waals surface area contributed by atoms with Gasteiger partial charge in [-0.05, 0) is 41.8 Å². The van der Waals surface area contributed by atoms with E-state index in [-0.39, 0.29) is 18.4 Å². The standard InChI is InChI=1S/C25H23N3O3/c29-24(17-30-22-13-11-21(12-14-22)25-28-27-18-31-25)26-16-15-23(19-7-3-1-4-8-19)20-9-5-2-6-10-20/h1-14,18,23H,15-17H2,(H,26,29). The maximum atomic E-state index is 12.3. The number of hydrogen-bond acceptors (Lipinski definition) is 5. The second-order valence-electron chi connectivity index (χ2n) is 7.07. The van der Waals surface area contributed by atoms with E-state index < -0.39 is 0 Å². The molecule has 0 radical (unpaired) electrons. The first kappa shape index (κ1) is 20.3. The third kappa shape index (κ3) is 5.57. The Hall–Kier alpha value is -3.93. The molecule has 0 saturated heterocycles. The molecule has 6 nitrogen and oxygen atoms in total. The van der Waals surface area contributed by atoms with Gasteiger partial charge in [-0.2, -0.15) is 0 Å². The first-order valence-electron chi connectivity index (χ1n) is 10.2. The van der Waals surface area contributed by atoms with Crippen molar-refractivity contribution >= 4 is 5.91 Å². The molecule has 3 aromatic carbocycles. The quantitative estimate of drug-likeness (QED) is 0.439. The summed E-state index contributed by atoms with van der Waals surface area (Å²) in [5, 5.41) is 10.5. The van der Waals surface area contributed by atoms with Gasteiger partial charge >= 0.3 is 0 Å². The van der Waals surface area contributed by atoms with Crippen LogP contribution in [0.25, 0.3) is 11.5 Å². The van der Waals surface area contributed by atoms with Gasteiger partial charge < -0.3 is 14.5 Å². The molecule has 1 N–H and O–H groups in total. The molecule has 156 valence electrons. The van der Waals surface area contributed by atoms with E-state index in [1.165, 1.54) is 17.5 Å². The summed E-state index contributed by atoms with van der Waals surface area (Å²) in [5.41, 5.74) is 3.27. The summed E-state index contributed by atoms with van der Waals surface area (Å²) in [6.07, 6.45) is 2.09. The minimum absolute atomic E-state index is 0.0404. The highest BCUT2D eigenvalue weighted by molar-refractivity contribution is 5.77. The Labute approximate surface area is 180 Å². The van der Waals surface area contributed by atoms with E-state index in [0.717, 1.165) is 12.0 Å². The highest BCUT2D eigenvalue weighted by Gasteiger charge is 2.14. The van der Waals surface area contributed by atoms with E-state index in [9.17, 15) is 4.79 Å². The zero-order chi connectivity index (χ0) is 21.3. The zero-order valence-corrected chi connectivity index (χ0v) is 17.0. The summed E-state index contributed by atoms with van der Waals surface area (Å²) >= 11 is 0. The first-order valence-corrected chi connectivity index (χ1v) is 10.2. The molecule has 4 rings (SSSR count). The van der Waals surface area contributed by atoms with Gasteiger partial charge in [-0.1, -0.05) is 60.7 Å². The number of aromatic nitrogens is 2. The second-order valence-corrected chi connectivity index (χ2v) is 7.07. The first-order chi connectivity index (χ1) is 15.3. The van der Waals surface area contributed by atoms with Gasteiger partial charge in [0.1, 0.15) is 5.75 Å². The lowest BCUT2D eigenvalue weighted by atomic mass is 9.88. The monoisotopic (exact) mass is 413 g/mol. The highest BCUT2D eigenvalue weighted by Crippen LogP contribution is 2.27. The molecule has 0 atom stereocenters. The van der Waals surface area contributed by atoms with Crippen LogP contribution < -0.4 is 10.1 Å². The van der Waals surface area contributed by atoms with Crippen molar-refractivity contribution in [3.63, 3.8) is 0 Å². The van der Waals surface area contributed by atoms with Crippen molar-refractivity contribution in [1.29, 1.82) is 0 Å². The molecule has 0 bridgehead atoms. The van der Waals surface area contributed by atoms with Crippen molar-refractivity contribution < 1.29 is 13.9 Å². The maximum absolute atomic E-state index is 12.3. The minimum Gasteiger partial charge on any atom is -0.484 e. The fourth-order valence-electron chi connectivity index (χ4n) is 3.44. The number of ether oxygens (including phenoxy) is 1. The third-order valence-electron chi connectivity index (χ3n) is 4.99. The van der Waals surface area contributed by atoms with Gasteiger partial charge in [-0.25, -0.2) is 0 Å². The summed E-state index contributed by atoms with van der Waals surface area (Å²) in [6.45, 7) is 0.522. The normalized spacial score (nSPS) is 10.7. The van der Waals surface area contributed by atoms with Crippen molar-refractivity contribution in [1.82, 2.24) is 15.5 Å². The Bertz CT molecular complexity index is 1030. The van der Waals surface area contributed by atoms with Crippen LogP contribution in [0.1, 0.15) is 23.5 Å². The molecule has 0 fully saturated rings. The number of rotatable bonds is 9. The summed E-state index contributed by atoms with van der Waals surface area (Å²) in [7, 11) is 0. The molecule has 0 unspecified atom stereocenters. The van der Waals surface area contributed by atoms with E-state index in [1.807, 2.05) is 48.5 Å². The van der Waals surface area contributed by atoms with Crippen LogP contribution in [0, 0.1) is 0 Å². The van der Waals surface area contributed by atoms with Gasteiger partial charge in [0.15, 0.2) is 6.61 Å². The summed E-state index contributed by atoms with van der Waals surface area (Å²) < 4.78 is 10.7. The number of amides is 1. The van der Waals surface area contributed by atoms with Crippen LogP contribution in [-0.4, -0.2) is 29.3 Å². The Morgan fingerprint density at radius 1 is 0.903 bits per heavy atom. The fourth-order valence-corrected chi connectivity index (χ4v) is 3.44. The molecule has 31 heavy (non-hydrogen) atoms. The molecule has 6 heteroatoms. The number of nitrogens with one attached hydrogen (secondary N) is 1. The molecule has 1 heterocycles. The predicted octanol–water partition coefficient (Wildman–Crippen LogP) is 4.45. The van der Waals surface area contributed by atoms with Crippen LogP contribution in [0.15, 0.2) is 95.7 Å². The SMILES string of the molecule is O=C(COc1ccc(-c2nnco2)cc1)NCCC(c1ccccc1)c1ccccc1. The van der Waals surface area contributed by atoms with Crippen LogP contribution in [0.2, 0.25) is 0 Å². The lowest BCUT2D eigenvalue weighted by Gasteiger charge is -2.18. The topological polar surface area (TPSA) is 77.2 Å². The van der Waals surface area contributed by atoms with E-state index in [2.05, 4.69) is 39.8 Å². The lowest BCUT2D eigenvalue weighted by molar-refractivity contribution is -0.123. The van der Waals surface area contributed by atoms with Crippen LogP contribution >= 0.6 is 0 Å². The molecule has 4 aromatic rings. The van der Waals surface area contributed by atoms with E-state index in [0.29, 0.717) is 18.2 Å². The average Bonchev–Trinajstić information content (AvgIpc) is 3.37. The lowest BCUT2D eigenvalue weighted by Crippen LogP contribution is -2.30. The van der Waals surface area contributed by atoms with Crippen molar-refractivity contribution in [3.05, 3.63) is 102 Å². The van der Waals surface area contributed by atoms with Crippen molar-refractivity contribution in [3.8, 4) is 17.2 Å². The Kier molecular flexibility index (Phi) is 6.70. The summed E-state index contributed by atoms with van der Waals surface area (Å²) in [4.78, 5) is 12.3.